The molecule has 0 fully saturated rings. The number of esters is 1. The number of nitrogens with zero attached hydrogens (tertiary/aromatic N) is 1. The molecule has 1 heterocycles. The normalized spacial score (nSPS) is 10.3. The van der Waals surface area contributed by atoms with Crippen molar-refractivity contribution < 1.29 is 26.5 Å². The third kappa shape index (κ3) is 5.64. The Balaban J connectivity index is 0.00000220. The molecule has 0 saturated heterocycles. The predicted molar refractivity (Wildman–Crippen MR) is 81.7 cm³/mol. The van der Waals surface area contributed by atoms with Gasteiger partial charge in [0.2, 0.25) is 17.6 Å². The van der Waals surface area contributed by atoms with Gasteiger partial charge in [-0.2, -0.15) is 4.57 Å². The Morgan fingerprint density at radius 3 is 2.76 bits per heavy atom. The summed E-state index contributed by atoms with van der Waals surface area (Å²) in [5.74, 6) is -0.144. The van der Waals surface area contributed by atoms with E-state index in [0.29, 0.717) is 13.2 Å². The molecule has 5 heteroatoms. The van der Waals surface area contributed by atoms with Crippen LogP contribution < -0.4 is 17.0 Å². The molecular weight excluding hydrogens is 306 g/mol. The minimum absolute atomic E-state index is 0. The van der Waals surface area contributed by atoms with Crippen molar-refractivity contribution in [2.24, 2.45) is 0 Å². The van der Waals surface area contributed by atoms with Gasteiger partial charge in [-0.1, -0.05) is 56.1 Å². The van der Waals surface area contributed by atoms with Crippen molar-refractivity contribution in [3.63, 3.8) is 0 Å². The van der Waals surface area contributed by atoms with Gasteiger partial charge in [0.15, 0.2) is 0 Å². The van der Waals surface area contributed by atoms with Crippen molar-refractivity contribution in [2.45, 2.75) is 45.6 Å². The maximum atomic E-state index is 11.8. The Labute approximate surface area is 136 Å². The molecule has 21 heavy (non-hydrogen) atoms. The van der Waals surface area contributed by atoms with Gasteiger partial charge in [-0.05, 0) is 12.5 Å². The lowest BCUT2D eigenvalue weighted by Gasteiger charge is -2.02. The number of carbonyl (C=O) groups is 1. The maximum absolute atomic E-state index is 11.8. The van der Waals surface area contributed by atoms with Gasteiger partial charge in [0, 0.05) is 6.07 Å². The third-order valence-corrected chi connectivity index (χ3v) is 4.25. The number of hydrogen-bond acceptors (Lipinski definition) is 3. The first-order chi connectivity index (χ1) is 9.81. The number of thiazole rings is 1. The number of aromatic nitrogens is 1. The number of hydrogen-bond donors (Lipinski definition) is 0. The third-order valence-electron chi connectivity index (χ3n) is 3.29. The van der Waals surface area contributed by atoms with Gasteiger partial charge in [0.05, 0.1) is 6.61 Å². The molecule has 2 aromatic rings. The molecule has 0 unspecified atom stereocenters. The van der Waals surface area contributed by atoms with Gasteiger partial charge < -0.3 is 17.1 Å². The van der Waals surface area contributed by atoms with E-state index in [-0.39, 0.29) is 18.4 Å². The number of para-hydroxylation sites is 1. The van der Waals surface area contributed by atoms with E-state index in [4.69, 9.17) is 4.74 Å². The lowest BCUT2D eigenvalue weighted by Crippen LogP contribution is -3.00. The fourth-order valence-electron chi connectivity index (χ4n) is 2.17. The van der Waals surface area contributed by atoms with Crippen LogP contribution in [0.3, 0.4) is 0 Å². The van der Waals surface area contributed by atoms with Crippen molar-refractivity contribution >= 4 is 27.5 Å². The quantitative estimate of drug-likeness (QED) is 0.406. The van der Waals surface area contributed by atoms with Crippen LogP contribution in [-0.2, 0) is 16.1 Å². The smallest absolute Gasteiger partial charge is 0.372 e. The van der Waals surface area contributed by atoms with E-state index in [2.05, 4.69) is 13.0 Å². The molecule has 2 rings (SSSR count). The van der Waals surface area contributed by atoms with Crippen LogP contribution in [0.15, 0.2) is 29.8 Å². The van der Waals surface area contributed by atoms with Crippen molar-refractivity contribution in [1.82, 2.24) is 0 Å². The van der Waals surface area contributed by atoms with E-state index in [1.807, 2.05) is 28.3 Å². The number of benzene rings is 1. The van der Waals surface area contributed by atoms with E-state index in [9.17, 15) is 4.79 Å². The summed E-state index contributed by atoms with van der Waals surface area (Å²) in [6.45, 7) is 3.05. The standard InChI is InChI=1S/C16H22NO2S.ClH/c1-2-3-4-5-8-11-19-16(18)12-17-13-20-15-10-7-6-9-14(15)17;/h6-7,9-10,13H,2-5,8,11-12H2,1H3;1H/q+1;/p-1. The molecule has 1 aromatic heterocycles. The van der Waals surface area contributed by atoms with Crippen LogP contribution in [0.1, 0.15) is 39.0 Å². The average Bonchev–Trinajstić information content (AvgIpc) is 2.86. The van der Waals surface area contributed by atoms with E-state index < -0.39 is 0 Å². The molecule has 3 nitrogen and oxygen atoms in total. The molecule has 0 saturated carbocycles. The summed E-state index contributed by atoms with van der Waals surface area (Å²) in [6, 6.07) is 8.10. The molecule has 0 radical (unpaired) electrons. The van der Waals surface area contributed by atoms with Gasteiger partial charge >= 0.3 is 5.97 Å². The summed E-state index contributed by atoms with van der Waals surface area (Å²) in [4.78, 5) is 11.8. The van der Waals surface area contributed by atoms with Crippen LogP contribution in [0.25, 0.3) is 10.2 Å². The summed E-state index contributed by atoms with van der Waals surface area (Å²) >= 11 is 1.65. The summed E-state index contributed by atoms with van der Waals surface area (Å²) in [6.07, 6.45) is 5.86. The topological polar surface area (TPSA) is 30.2 Å². The zero-order chi connectivity index (χ0) is 14.2. The van der Waals surface area contributed by atoms with Crippen LogP contribution in [0.4, 0.5) is 0 Å². The molecule has 0 aliphatic heterocycles. The SMILES string of the molecule is CCCCCCCOC(=O)C[n+]1csc2ccccc21.[Cl-]. The summed E-state index contributed by atoms with van der Waals surface area (Å²) < 4.78 is 8.44. The van der Waals surface area contributed by atoms with Crippen LogP contribution in [0.2, 0.25) is 0 Å². The van der Waals surface area contributed by atoms with E-state index >= 15 is 0 Å². The Kier molecular flexibility index (Phi) is 8.31. The highest BCUT2D eigenvalue weighted by molar-refractivity contribution is 7.16. The molecule has 0 N–H and O–H groups in total. The van der Waals surface area contributed by atoms with Gasteiger partial charge in [0.25, 0.3) is 0 Å². The van der Waals surface area contributed by atoms with Gasteiger partial charge in [0.1, 0.15) is 4.70 Å². The van der Waals surface area contributed by atoms with Gasteiger partial charge in [-0.25, -0.2) is 4.79 Å². The monoisotopic (exact) mass is 327 g/mol. The summed E-state index contributed by atoms with van der Waals surface area (Å²) in [7, 11) is 0. The first-order valence-corrected chi connectivity index (χ1v) is 8.20. The minimum atomic E-state index is -0.144. The molecular formula is C16H22ClNO2S. The van der Waals surface area contributed by atoms with Crippen LogP contribution >= 0.6 is 11.3 Å². The molecule has 0 amide bonds. The summed E-state index contributed by atoms with van der Waals surface area (Å²) in [5, 5.41) is 0. The number of ether oxygens (including phenoxy) is 1. The second kappa shape index (κ2) is 9.74. The zero-order valence-corrected chi connectivity index (χ0v) is 14.0. The molecule has 116 valence electrons. The van der Waals surface area contributed by atoms with Crippen molar-refractivity contribution in [3.8, 4) is 0 Å². The average molecular weight is 328 g/mol. The zero-order valence-electron chi connectivity index (χ0n) is 12.4. The Morgan fingerprint density at radius 2 is 1.95 bits per heavy atom. The molecule has 0 spiro atoms. The minimum Gasteiger partial charge on any atom is -1.00 e. The van der Waals surface area contributed by atoms with Crippen molar-refractivity contribution in [2.75, 3.05) is 6.61 Å². The molecule has 0 aliphatic rings. The first kappa shape index (κ1) is 17.9. The van der Waals surface area contributed by atoms with E-state index in [1.165, 1.54) is 24.0 Å². The molecule has 0 aliphatic carbocycles. The number of fused-ring (bicyclic) bond motifs is 1. The first-order valence-electron chi connectivity index (χ1n) is 7.32. The lowest BCUT2D eigenvalue weighted by atomic mass is 10.2. The second-order valence-electron chi connectivity index (χ2n) is 4.95. The van der Waals surface area contributed by atoms with Gasteiger partial charge in [-0.3, -0.25) is 0 Å². The van der Waals surface area contributed by atoms with Crippen molar-refractivity contribution in [3.05, 3.63) is 29.8 Å². The lowest BCUT2D eigenvalue weighted by molar-refractivity contribution is -0.655. The largest absolute Gasteiger partial charge is 1.00 e. The predicted octanol–water partition coefficient (Wildman–Crippen LogP) is 0.706. The Hall–Kier alpha value is -1.13. The highest BCUT2D eigenvalue weighted by Crippen LogP contribution is 2.14. The number of carbonyl (C=O) groups excluding carboxylic acids is 1. The van der Waals surface area contributed by atoms with Crippen molar-refractivity contribution in [1.29, 1.82) is 0 Å². The fourth-order valence-corrected chi connectivity index (χ4v) is 3.06. The second-order valence-corrected chi connectivity index (χ2v) is 5.84. The Bertz CT molecular complexity index is 556. The number of unbranched alkanes of at least 4 members (excludes halogenated alkanes) is 4. The Morgan fingerprint density at radius 1 is 1.19 bits per heavy atom. The van der Waals surface area contributed by atoms with Crippen LogP contribution in [0, 0.1) is 0 Å². The number of rotatable bonds is 8. The highest BCUT2D eigenvalue weighted by Gasteiger charge is 2.16. The fraction of sp³-hybridized carbons (Fsp3) is 0.500. The number of halogens is 1. The highest BCUT2D eigenvalue weighted by atomic mass is 35.5. The molecule has 0 bridgehead atoms. The van der Waals surface area contributed by atoms with Crippen LogP contribution in [-0.4, -0.2) is 12.6 Å². The van der Waals surface area contributed by atoms with Gasteiger partial charge in [-0.15, -0.1) is 0 Å². The van der Waals surface area contributed by atoms with E-state index in [1.54, 1.807) is 11.3 Å². The van der Waals surface area contributed by atoms with E-state index in [0.717, 1.165) is 18.4 Å². The maximum Gasteiger partial charge on any atom is 0.372 e. The molecule has 0 atom stereocenters. The molecule has 1 aromatic carbocycles. The van der Waals surface area contributed by atoms with Crippen LogP contribution in [0.5, 0.6) is 0 Å². The summed E-state index contributed by atoms with van der Waals surface area (Å²) in [5.41, 5.74) is 3.07.